The van der Waals surface area contributed by atoms with Crippen LogP contribution in [-0.4, -0.2) is 21.9 Å². The zero-order valence-electron chi connectivity index (χ0n) is 13.7. The number of anilines is 1. The fourth-order valence-electron chi connectivity index (χ4n) is 2.99. The Morgan fingerprint density at radius 3 is 2.46 bits per heavy atom. The number of hydrogen-bond acceptors (Lipinski definition) is 4. The summed E-state index contributed by atoms with van der Waals surface area (Å²) < 4.78 is 26.9. The van der Waals surface area contributed by atoms with Crippen molar-refractivity contribution in [3.05, 3.63) is 71.0 Å². The van der Waals surface area contributed by atoms with Crippen molar-refractivity contribution in [3.63, 3.8) is 0 Å². The van der Waals surface area contributed by atoms with Crippen molar-refractivity contribution in [3.8, 4) is 5.75 Å². The molecule has 5 nitrogen and oxygen atoms in total. The summed E-state index contributed by atoms with van der Waals surface area (Å²) in [6.07, 6.45) is 0.0353. The maximum Gasteiger partial charge on any atom is 0.294 e. The molecule has 1 unspecified atom stereocenters. The first kappa shape index (κ1) is 17.6. The molecule has 1 atom stereocenters. The monoisotopic (exact) mass is 359 g/mol. The van der Waals surface area contributed by atoms with Crippen LogP contribution in [-0.2, 0) is 9.59 Å². The van der Waals surface area contributed by atoms with Gasteiger partial charge in [-0.3, -0.25) is 14.5 Å². The SMILES string of the molecule is CCC(=O)C1=C(O)C(=O)N(c2ccc(F)c(F)c2)C1c1cccc(O)c1. The second kappa shape index (κ2) is 6.59. The number of phenols is 1. The lowest BCUT2D eigenvalue weighted by atomic mass is 9.94. The number of rotatable bonds is 4. The summed E-state index contributed by atoms with van der Waals surface area (Å²) in [5.41, 5.74) is 0.185. The number of halogens is 2. The van der Waals surface area contributed by atoms with E-state index < -0.39 is 35.1 Å². The molecule has 0 radical (unpaired) electrons. The van der Waals surface area contributed by atoms with Crippen LogP contribution in [0.1, 0.15) is 24.9 Å². The average Bonchev–Trinajstić information content (AvgIpc) is 2.88. The molecule has 3 rings (SSSR count). The van der Waals surface area contributed by atoms with Gasteiger partial charge in [-0.2, -0.15) is 0 Å². The molecule has 7 heteroatoms. The Hall–Kier alpha value is -3.22. The van der Waals surface area contributed by atoms with Crippen molar-refractivity contribution in [2.75, 3.05) is 4.90 Å². The highest BCUT2D eigenvalue weighted by Crippen LogP contribution is 2.42. The van der Waals surface area contributed by atoms with Gasteiger partial charge in [-0.15, -0.1) is 0 Å². The van der Waals surface area contributed by atoms with Crippen molar-refractivity contribution >= 4 is 17.4 Å². The molecular weight excluding hydrogens is 344 g/mol. The van der Waals surface area contributed by atoms with Gasteiger partial charge in [-0.25, -0.2) is 8.78 Å². The van der Waals surface area contributed by atoms with Crippen LogP contribution in [0.15, 0.2) is 53.8 Å². The van der Waals surface area contributed by atoms with Crippen molar-refractivity contribution in [1.29, 1.82) is 0 Å². The van der Waals surface area contributed by atoms with E-state index in [1.807, 2.05) is 0 Å². The smallest absolute Gasteiger partial charge is 0.294 e. The normalized spacial score (nSPS) is 17.1. The van der Waals surface area contributed by atoms with E-state index >= 15 is 0 Å². The third kappa shape index (κ3) is 2.81. The predicted octanol–water partition coefficient (Wildman–Crippen LogP) is 3.55. The lowest BCUT2D eigenvalue weighted by molar-refractivity contribution is -0.118. The van der Waals surface area contributed by atoms with Gasteiger partial charge in [0.1, 0.15) is 5.75 Å². The number of aromatic hydroxyl groups is 1. The molecular formula is C19H15F2NO4. The van der Waals surface area contributed by atoms with Gasteiger partial charge in [0, 0.05) is 18.2 Å². The van der Waals surface area contributed by atoms with Gasteiger partial charge in [0.05, 0.1) is 11.6 Å². The Kier molecular flexibility index (Phi) is 4.46. The topological polar surface area (TPSA) is 77.8 Å². The highest BCUT2D eigenvalue weighted by molar-refractivity contribution is 6.16. The fourth-order valence-corrected chi connectivity index (χ4v) is 2.99. The van der Waals surface area contributed by atoms with Gasteiger partial charge in [-0.1, -0.05) is 19.1 Å². The van der Waals surface area contributed by atoms with Crippen molar-refractivity contribution in [1.82, 2.24) is 0 Å². The Bertz CT molecular complexity index is 939. The van der Waals surface area contributed by atoms with Gasteiger partial charge in [0.25, 0.3) is 5.91 Å². The van der Waals surface area contributed by atoms with E-state index in [4.69, 9.17) is 0 Å². The molecule has 0 saturated carbocycles. The summed E-state index contributed by atoms with van der Waals surface area (Å²) in [5, 5.41) is 20.0. The number of hydrogen-bond donors (Lipinski definition) is 2. The minimum atomic E-state index is -1.17. The fraction of sp³-hybridized carbons (Fsp3) is 0.158. The molecule has 0 spiro atoms. The van der Waals surface area contributed by atoms with Crippen molar-refractivity contribution in [2.45, 2.75) is 19.4 Å². The minimum Gasteiger partial charge on any atom is -0.508 e. The lowest BCUT2D eigenvalue weighted by Crippen LogP contribution is -2.31. The molecule has 0 fully saturated rings. The molecule has 1 aliphatic heterocycles. The molecule has 0 aromatic heterocycles. The standard InChI is InChI=1S/C19H15F2NO4/c1-2-15(24)16-17(10-4-3-5-12(23)8-10)22(19(26)18(16)25)11-6-7-13(20)14(21)9-11/h3-9,17,23,25H,2H2,1H3. The molecule has 2 aromatic rings. The largest absolute Gasteiger partial charge is 0.508 e. The molecule has 26 heavy (non-hydrogen) atoms. The summed E-state index contributed by atoms with van der Waals surface area (Å²) in [6.45, 7) is 1.58. The van der Waals surface area contributed by atoms with Crippen LogP contribution in [0.2, 0.25) is 0 Å². The molecule has 2 aromatic carbocycles. The van der Waals surface area contributed by atoms with Gasteiger partial charge in [0.15, 0.2) is 23.2 Å². The highest BCUT2D eigenvalue weighted by atomic mass is 19.2. The first-order valence-corrected chi connectivity index (χ1v) is 7.89. The van der Waals surface area contributed by atoms with E-state index in [0.29, 0.717) is 5.56 Å². The highest BCUT2D eigenvalue weighted by Gasteiger charge is 2.44. The van der Waals surface area contributed by atoms with Crippen molar-refractivity contribution in [2.24, 2.45) is 0 Å². The number of ketones is 1. The van der Waals surface area contributed by atoms with Crippen LogP contribution in [0.5, 0.6) is 5.75 Å². The van der Waals surface area contributed by atoms with Gasteiger partial charge in [-0.05, 0) is 29.8 Å². The number of amides is 1. The molecule has 0 saturated heterocycles. The number of phenolic OH excluding ortho intramolecular Hbond substituents is 1. The van der Waals surface area contributed by atoms with Crippen LogP contribution >= 0.6 is 0 Å². The Balaban J connectivity index is 2.20. The van der Waals surface area contributed by atoms with Crippen LogP contribution in [0.3, 0.4) is 0 Å². The third-order valence-corrected chi connectivity index (χ3v) is 4.20. The number of carbonyl (C=O) groups excluding carboxylic acids is 2. The first-order valence-electron chi connectivity index (χ1n) is 7.89. The van der Waals surface area contributed by atoms with Crippen molar-refractivity contribution < 1.29 is 28.6 Å². The summed E-state index contributed by atoms with van der Waals surface area (Å²) in [5.74, 6) is -4.46. The second-order valence-corrected chi connectivity index (χ2v) is 5.81. The van der Waals surface area contributed by atoms with Gasteiger partial charge in [0.2, 0.25) is 0 Å². The van der Waals surface area contributed by atoms with E-state index in [0.717, 1.165) is 17.0 Å². The number of benzene rings is 2. The Labute approximate surface area is 147 Å². The van der Waals surface area contributed by atoms with E-state index in [-0.39, 0.29) is 23.4 Å². The summed E-state index contributed by atoms with van der Waals surface area (Å²) in [6, 6.07) is 7.61. The van der Waals surface area contributed by atoms with E-state index in [1.165, 1.54) is 24.3 Å². The van der Waals surface area contributed by atoms with E-state index in [2.05, 4.69) is 0 Å². The molecule has 0 bridgehead atoms. The van der Waals surface area contributed by atoms with Crippen LogP contribution in [0.4, 0.5) is 14.5 Å². The van der Waals surface area contributed by atoms with E-state index in [9.17, 15) is 28.6 Å². The number of aliphatic hydroxyl groups excluding tert-OH is 1. The van der Waals surface area contributed by atoms with Gasteiger partial charge >= 0.3 is 0 Å². The van der Waals surface area contributed by atoms with Crippen LogP contribution < -0.4 is 4.90 Å². The molecule has 1 aliphatic rings. The van der Waals surface area contributed by atoms with Crippen LogP contribution in [0.25, 0.3) is 0 Å². The maximum atomic E-state index is 13.7. The quantitative estimate of drug-likeness (QED) is 0.875. The zero-order valence-corrected chi connectivity index (χ0v) is 13.7. The summed E-state index contributed by atoms with van der Waals surface area (Å²) in [4.78, 5) is 25.9. The predicted molar refractivity (Wildman–Crippen MR) is 89.6 cm³/mol. The number of Topliss-reactive ketones (excluding diaryl/α,β-unsaturated/α-hetero) is 1. The summed E-state index contributed by atoms with van der Waals surface area (Å²) in [7, 11) is 0. The third-order valence-electron chi connectivity index (χ3n) is 4.20. The number of aliphatic hydroxyl groups is 1. The number of carbonyl (C=O) groups is 2. The van der Waals surface area contributed by atoms with Crippen LogP contribution in [0, 0.1) is 11.6 Å². The molecule has 1 heterocycles. The number of nitrogens with zero attached hydrogens (tertiary/aromatic N) is 1. The van der Waals surface area contributed by atoms with E-state index in [1.54, 1.807) is 13.0 Å². The molecule has 2 N–H and O–H groups in total. The first-order chi connectivity index (χ1) is 12.3. The summed E-state index contributed by atoms with van der Waals surface area (Å²) >= 11 is 0. The molecule has 134 valence electrons. The molecule has 1 amide bonds. The molecule has 0 aliphatic carbocycles. The van der Waals surface area contributed by atoms with Gasteiger partial charge < -0.3 is 10.2 Å². The maximum absolute atomic E-state index is 13.7. The second-order valence-electron chi connectivity index (χ2n) is 5.81. The minimum absolute atomic E-state index is 0.0207. The lowest BCUT2D eigenvalue weighted by Gasteiger charge is -2.27. The zero-order chi connectivity index (χ0) is 19.0. The Morgan fingerprint density at radius 1 is 1.12 bits per heavy atom. The average molecular weight is 359 g/mol. The Morgan fingerprint density at radius 2 is 1.85 bits per heavy atom.